The van der Waals surface area contributed by atoms with Crippen molar-refractivity contribution in [1.29, 1.82) is 5.26 Å². The quantitative estimate of drug-likeness (QED) is 0.653. The Morgan fingerprint density at radius 3 is 2.14 bits per heavy atom. The Bertz CT molecular complexity index is 860. The number of nitriles is 1. The van der Waals surface area contributed by atoms with Gasteiger partial charge in [0.05, 0.1) is 11.6 Å². The third kappa shape index (κ3) is 2.53. The van der Waals surface area contributed by atoms with Gasteiger partial charge in [0, 0.05) is 11.1 Å². The third-order valence-electron chi connectivity index (χ3n) is 3.60. The summed E-state index contributed by atoms with van der Waals surface area (Å²) in [5.41, 5.74) is 4.99. The second-order valence-corrected chi connectivity index (χ2v) is 4.95. The molecule has 0 aliphatic heterocycles. The molecule has 3 aromatic carbocycles. The summed E-state index contributed by atoms with van der Waals surface area (Å²) < 4.78 is 0. The Hall–Kier alpha value is -3.18. The van der Waals surface area contributed by atoms with Crippen LogP contribution in [0.15, 0.2) is 72.8 Å². The summed E-state index contributed by atoms with van der Waals surface area (Å²) in [6, 6.07) is 25.3. The minimum atomic E-state index is 0.564. The molecular formula is C20H13NO. The van der Waals surface area contributed by atoms with Gasteiger partial charge < -0.3 is 0 Å². The molecule has 0 fully saturated rings. The number of rotatable bonds is 3. The van der Waals surface area contributed by atoms with E-state index in [1.165, 1.54) is 0 Å². The van der Waals surface area contributed by atoms with Gasteiger partial charge in [0.25, 0.3) is 0 Å². The molecule has 0 aliphatic rings. The predicted octanol–water partition coefficient (Wildman–Crippen LogP) is 4.70. The number of hydrogen-bond donors (Lipinski definition) is 0. The fraction of sp³-hybridized carbons (Fsp3) is 0. The molecule has 22 heavy (non-hydrogen) atoms. The number of aldehydes is 1. The van der Waals surface area contributed by atoms with Gasteiger partial charge in [-0.05, 0) is 28.8 Å². The van der Waals surface area contributed by atoms with Crippen molar-refractivity contribution in [2.75, 3.05) is 0 Å². The van der Waals surface area contributed by atoms with Crippen molar-refractivity contribution in [1.82, 2.24) is 0 Å². The predicted molar refractivity (Wildman–Crippen MR) is 87.4 cm³/mol. The van der Waals surface area contributed by atoms with Gasteiger partial charge in [-0.25, -0.2) is 0 Å². The molecule has 0 amide bonds. The van der Waals surface area contributed by atoms with E-state index < -0.39 is 0 Å². The lowest BCUT2D eigenvalue weighted by Crippen LogP contribution is -1.91. The Kier molecular flexibility index (Phi) is 3.80. The fourth-order valence-electron chi connectivity index (χ4n) is 2.54. The summed E-state index contributed by atoms with van der Waals surface area (Å²) in [6.45, 7) is 0. The first kappa shape index (κ1) is 13.8. The van der Waals surface area contributed by atoms with Crippen molar-refractivity contribution in [2.45, 2.75) is 0 Å². The van der Waals surface area contributed by atoms with Gasteiger partial charge >= 0.3 is 0 Å². The third-order valence-corrected chi connectivity index (χ3v) is 3.60. The first-order valence-electron chi connectivity index (χ1n) is 6.97. The zero-order valence-electron chi connectivity index (χ0n) is 11.9. The second-order valence-electron chi connectivity index (χ2n) is 4.95. The summed E-state index contributed by atoms with van der Waals surface area (Å²) in [4.78, 5) is 11.1. The Labute approximate surface area is 129 Å². The molecule has 0 aliphatic carbocycles. The molecule has 3 aromatic rings. The molecule has 2 nitrogen and oxygen atoms in total. The van der Waals surface area contributed by atoms with Crippen LogP contribution in [0.4, 0.5) is 0 Å². The molecule has 0 N–H and O–H groups in total. The van der Waals surface area contributed by atoms with E-state index in [1.54, 1.807) is 18.2 Å². The molecule has 0 saturated carbocycles. The lowest BCUT2D eigenvalue weighted by molar-refractivity contribution is 0.112. The van der Waals surface area contributed by atoms with Gasteiger partial charge in [-0.3, -0.25) is 4.79 Å². The lowest BCUT2D eigenvalue weighted by Gasteiger charge is -2.12. The number of carbonyl (C=O) groups excluding carboxylic acids is 1. The normalized spacial score (nSPS) is 9.95. The zero-order chi connectivity index (χ0) is 15.4. The molecular weight excluding hydrogens is 270 g/mol. The first-order valence-corrected chi connectivity index (χ1v) is 6.97. The monoisotopic (exact) mass is 283 g/mol. The average Bonchev–Trinajstić information content (AvgIpc) is 2.62. The van der Waals surface area contributed by atoms with E-state index in [-0.39, 0.29) is 0 Å². The highest BCUT2D eigenvalue weighted by atomic mass is 16.1. The summed E-state index contributed by atoms with van der Waals surface area (Å²) in [5, 5.41) is 9.37. The second kappa shape index (κ2) is 6.07. The molecule has 0 atom stereocenters. The summed E-state index contributed by atoms with van der Waals surface area (Å²) in [5.74, 6) is 0. The van der Waals surface area contributed by atoms with Crippen LogP contribution in [0.3, 0.4) is 0 Å². The SMILES string of the molecule is N#Cc1ccc(C=O)cc1-c1ccccc1-c1ccccc1. The van der Waals surface area contributed by atoms with Crippen LogP contribution >= 0.6 is 0 Å². The molecule has 0 spiro atoms. The summed E-state index contributed by atoms with van der Waals surface area (Å²) >= 11 is 0. The van der Waals surface area contributed by atoms with Gasteiger partial charge in [0.2, 0.25) is 0 Å². The molecule has 0 heterocycles. The maximum Gasteiger partial charge on any atom is 0.150 e. The van der Waals surface area contributed by atoms with Crippen molar-refractivity contribution >= 4 is 6.29 Å². The van der Waals surface area contributed by atoms with Gasteiger partial charge in [0.1, 0.15) is 6.29 Å². The molecule has 0 saturated heterocycles. The highest BCUT2D eigenvalue weighted by Crippen LogP contribution is 2.34. The van der Waals surface area contributed by atoms with Crippen LogP contribution in [0, 0.1) is 11.3 Å². The highest BCUT2D eigenvalue weighted by molar-refractivity contribution is 5.88. The molecule has 3 rings (SSSR count). The lowest BCUT2D eigenvalue weighted by atomic mass is 9.91. The Morgan fingerprint density at radius 1 is 0.773 bits per heavy atom. The van der Waals surface area contributed by atoms with Crippen LogP contribution in [-0.2, 0) is 0 Å². The van der Waals surface area contributed by atoms with E-state index >= 15 is 0 Å². The minimum absolute atomic E-state index is 0.564. The van der Waals surface area contributed by atoms with E-state index in [1.807, 2.05) is 54.6 Å². The number of benzene rings is 3. The van der Waals surface area contributed by atoms with Gasteiger partial charge in [-0.1, -0.05) is 60.7 Å². The van der Waals surface area contributed by atoms with E-state index in [2.05, 4.69) is 6.07 Å². The van der Waals surface area contributed by atoms with Crippen molar-refractivity contribution < 1.29 is 4.79 Å². The zero-order valence-corrected chi connectivity index (χ0v) is 11.9. The molecule has 0 radical (unpaired) electrons. The minimum Gasteiger partial charge on any atom is -0.298 e. The van der Waals surface area contributed by atoms with E-state index in [9.17, 15) is 10.1 Å². The standard InChI is InChI=1S/C20H13NO/c21-13-17-11-10-15(14-22)12-20(17)19-9-5-4-8-18(19)16-6-2-1-3-7-16/h1-12,14H. The Morgan fingerprint density at radius 2 is 1.45 bits per heavy atom. The molecule has 0 unspecified atom stereocenters. The topological polar surface area (TPSA) is 40.9 Å². The average molecular weight is 283 g/mol. The van der Waals surface area contributed by atoms with Crippen molar-refractivity contribution in [3.05, 3.63) is 83.9 Å². The summed E-state index contributed by atoms with van der Waals surface area (Å²) in [7, 11) is 0. The molecule has 0 aromatic heterocycles. The maximum atomic E-state index is 11.1. The Balaban J connectivity index is 2.26. The first-order chi connectivity index (χ1) is 10.8. The van der Waals surface area contributed by atoms with Crippen LogP contribution in [0.5, 0.6) is 0 Å². The largest absolute Gasteiger partial charge is 0.298 e. The smallest absolute Gasteiger partial charge is 0.150 e. The number of carbonyl (C=O) groups is 1. The van der Waals surface area contributed by atoms with Crippen molar-refractivity contribution in [2.24, 2.45) is 0 Å². The maximum absolute atomic E-state index is 11.1. The van der Waals surface area contributed by atoms with Crippen LogP contribution < -0.4 is 0 Å². The van der Waals surface area contributed by atoms with Crippen LogP contribution in [0.2, 0.25) is 0 Å². The molecule has 2 heteroatoms. The molecule has 0 bridgehead atoms. The summed E-state index contributed by atoms with van der Waals surface area (Å²) in [6.07, 6.45) is 0.801. The van der Waals surface area contributed by atoms with Gasteiger partial charge in [-0.15, -0.1) is 0 Å². The van der Waals surface area contributed by atoms with Gasteiger partial charge in [-0.2, -0.15) is 5.26 Å². The fourth-order valence-corrected chi connectivity index (χ4v) is 2.54. The molecule has 104 valence electrons. The number of hydrogen-bond acceptors (Lipinski definition) is 2. The van der Waals surface area contributed by atoms with Crippen molar-refractivity contribution in [3.63, 3.8) is 0 Å². The van der Waals surface area contributed by atoms with Crippen LogP contribution in [0.1, 0.15) is 15.9 Å². The van der Waals surface area contributed by atoms with E-state index in [0.717, 1.165) is 28.5 Å². The van der Waals surface area contributed by atoms with E-state index in [4.69, 9.17) is 0 Å². The highest BCUT2D eigenvalue weighted by Gasteiger charge is 2.11. The number of nitrogens with zero attached hydrogens (tertiary/aromatic N) is 1. The van der Waals surface area contributed by atoms with Crippen LogP contribution in [-0.4, -0.2) is 6.29 Å². The van der Waals surface area contributed by atoms with Crippen molar-refractivity contribution in [3.8, 4) is 28.3 Å². The van der Waals surface area contributed by atoms with Gasteiger partial charge in [0.15, 0.2) is 0 Å². The van der Waals surface area contributed by atoms with E-state index in [0.29, 0.717) is 11.1 Å². The van der Waals surface area contributed by atoms with Crippen LogP contribution in [0.25, 0.3) is 22.3 Å².